The van der Waals surface area contributed by atoms with E-state index >= 15 is 0 Å². The maximum atomic E-state index is 12.5. The second kappa shape index (κ2) is 7.66. The molecule has 1 aromatic carbocycles. The highest BCUT2D eigenvalue weighted by atomic mass is 32.2. The molecule has 22 heavy (non-hydrogen) atoms. The third kappa shape index (κ3) is 3.63. The number of nitrogens with one attached hydrogen (secondary N) is 1. The van der Waals surface area contributed by atoms with Crippen molar-refractivity contribution in [3.63, 3.8) is 0 Å². The van der Waals surface area contributed by atoms with E-state index in [9.17, 15) is 4.79 Å². The number of benzene rings is 1. The summed E-state index contributed by atoms with van der Waals surface area (Å²) < 4.78 is 5.49. The first-order chi connectivity index (χ1) is 10.6. The van der Waals surface area contributed by atoms with E-state index in [1.54, 1.807) is 0 Å². The molecule has 1 aliphatic heterocycles. The first-order valence-corrected chi connectivity index (χ1v) is 8.56. The number of amides is 1. The summed E-state index contributed by atoms with van der Waals surface area (Å²) in [6.45, 7) is 6.72. The SMILES string of the molecule is CCc1cc(SC#N)cc(CC)c1NC(=O)[C@@H]1CCO[C@@H]1C. The summed E-state index contributed by atoms with van der Waals surface area (Å²) in [5.41, 5.74) is 3.07. The molecular weight excluding hydrogens is 296 g/mol. The molecule has 0 saturated carbocycles. The number of nitriles is 1. The van der Waals surface area contributed by atoms with E-state index in [0.717, 1.165) is 52.7 Å². The monoisotopic (exact) mass is 318 g/mol. The van der Waals surface area contributed by atoms with Gasteiger partial charge in [0.15, 0.2) is 0 Å². The minimum Gasteiger partial charge on any atom is -0.378 e. The third-order valence-corrected chi connectivity index (χ3v) is 4.72. The zero-order valence-electron chi connectivity index (χ0n) is 13.3. The lowest BCUT2D eigenvalue weighted by molar-refractivity contribution is -0.121. The van der Waals surface area contributed by atoms with Gasteiger partial charge in [0.2, 0.25) is 5.91 Å². The van der Waals surface area contributed by atoms with Gasteiger partial charge in [-0.25, -0.2) is 0 Å². The number of carbonyl (C=O) groups is 1. The fourth-order valence-electron chi connectivity index (χ4n) is 2.86. The molecule has 0 bridgehead atoms. The van der Waals surface area contributed by atoms with Gasteiger partial charge >= 0.3 is 0 Å². The number of hydrogen-bond acceptors (Lipinski definition) is 4. The first-order valence-electron chi connectivity index (χ1n) is 7.74. The van der Waals surface area contributed by atoms with Crippen LogP contribution in [0.2, 0.25) is 0 Å². The molecule has 1 heterocycles. The third-order valence-electron chi connectivity index (χ3n) is 4.16. The van der Waals surface area contributed by atoms with Crippen molar-refractivity contribution in [3.05, 3.63) is 23.3 Å². The molecule has 0 spiro atoms. The Hall–Kier alpha value is -1.51. The second-order valence-electron chi connectivity index (χ2n) is 5.48. The minimum atomic E-state index is -0.0810. The number of thiocyanates is 1. The van der Waals surface area contributed by atoms with Crippen LogP contribution in [0.1, 0.15) is 38.3 Å². The largest absolute Gasteiger partial charge is 0.378 e. The van der Waals surface area contributed by atoms with Crippen LogP contribution in [0.25, 0.3) is 0 Å². The number of rotatable bonds is 5. The van der Waals surface area contributed by atoms with Crippen molar-refractivity contribution < 1.29 is 9.53 Å². The number of hydrogen-bond donors (Lipinski definition) is 1. The number of anilines is 1. The lowest BCUT2D eigenvalue weighted by Gasteiger charge is -2.19. The molecule has 1 N–H and O–H groups in total. The molecule has 4 nitrogen and oxygen atoms in total. The van der Waals surface area contributed by atoms with E-state index < -0.39 is 0 Å². The minimum absolute atomic E-state index is 0.0245. The van der Waals surface area contributed by atoms with Gasteiger partial charge in [0, 0.05) is 17.2 Å². The van der Waals surface area contributed by atoms with Gasteiger partial charge in [-0.2, -0.15) is 5.26 Å². The van der Waals surface area contributed by atoms with Gasteiger partial charge in [0.1, 0.15) is 5.40 Å². The van der Waals surface area contributed by atoms with Crippen molar-refractivity contribution in [2.24, 2.45) is 5.92 Å². The van der Waals surface area contributed by atoms with Crippen LogP contribution in [-0.2, 0) is 22.4 Å². The fourth-order valence-corrected chi connectivity index (χ4v) is 3.37. The molecule has 1 aliphatic rings. The van der Waals surface area contributed by atoms with E-state index in [0.29, 0.717) is 6.61 Å². The molecule has 1 aromatic rings. The zero-order valence-corrected chi connectivity index (χ0v) is 14.1. The van der Waals surface area contributed by atoms with Crippen molar-refractivity contribution in [3.8, 4) is 5.40 Å². The lowest BCUT2D eigenvalue weighted by Crippen LogP contribution is -2.28. The van der Waals surface area contributed by atoms with Gasteiger partial charge in [-0.1, -0.05) is 13.8 Å². The van der Waals surface area contributed by atoms with Crippen LogP contribution in [0.3, 0.4) is 0 Å². The second-order valence-corrected chi connectivity index (χ2v) is 6.34. The van der Waals surface area contributed by atoms with Crippen LogP contribution in [0.5, 0.6) is 0 Å². The highest BCUT2D eigenvalue weighted by Crippen LogP contribution is 2.31. The molecule has 5 heteroatoms. The van der Waals surface area contributed by atoms with Crippen molar-refractivity contribution >= 4 is 23.4 Å². The molecule has 0 aromatic heterocycles. The van der Waals surface area contributed by atoms with Gasteiger partial charge in [0.25, 0.3) is 0 Å². The lowest BCUT2D eigenvalue weighted by atomic mass is 9.99. The van der Waals surface area contributed by atoms with Crippen LogP contribution in [0, 0.1) is 16.6 Å². The molecule has 0 unspecified atom stereocenters. The maximum Gasteiger partial charge on any atom is 0.230 e. The van der Waals surface area contributed by atoms with E-state index in [-0.39, 0.29) is 17.9 Å². The van der Waals surface area contributed by atoms with E-state index in [4.69, 9.17) is 10.00 Å². The number of thioether (sulfide) groups is 1. The topological polar surface area (TPSA) is 62.1 Å². The van der Waals surface area contributed by atoms with Gasteiger partial charge < -0.3 is 10.1 Å². The van der Waals surface area contributed by atoms with Crippen LogP contribution in [0.15, 0.2) is 17.0 Å². The molecule has 118 valence electrons. The van der Waals surface area contributed by atoms with Gasteiger partial charge in [-0.05, 0) is 61.2 Å². The predicted octanol–water partition coefficient (Wildman–Crippen LogP) is 3.75. The molecule has 1 amide bonds. The molecule has 0 aliphatic carbocycles. The summed E-state index contributed by atoms with van der Waals surface area (Å²) in [7, 11) is 0. The predicted molar refractivity (Wildman–Crippen MR) is 88.8 cm³/mol. The number of ether oxygens (including phenoxy) is 1. The van der Waals surface area contributed by atoms with Gasteiger partial charge in [-0.15, -0.1) is 0 Å². The summed E-state index contributed by atoms with van der Waals surface area (Å²) >= 11 is 1.16. The standard InChI is InChI=1S/C17H22N2O2S/c1-4-12-8-14(22-10-18)9-13(5-2)16(12)19-17(20)15-6-7-21-11(15)3/h8-9,11,15H,4-7H2,1-3H3,(H,19,20)/t11-,15-/m1/s1. The van der Waals surface area contributed by atoms with Crippen LogP contribution >= 0.6 is 11.8 Å². The average molecular weight is 318 g/mol. The Bertz CT molecular complexity index is 570. The Balaban J connectivity index is 2.29. The smallest absolute Gasteiger partial charge is 0.230 e. The highest BCUT2D eigenvalue weighted by Gasteiger charge is 2.31. The van der Waals surface area contributed by atoms with Crippen LogP contribution in [0.4, 0.5) is 5.69 Å². The normalized spacial score (nSPS) is 20.6. The zero-order chi connectivity index (χ0) is 16.1. The molecule has 1 fully saturated rings. The number of nitrogens with zero attached hydrogens (tertiary/aromatic N) is 1. The fraction of sp³-hybridized carbons (Fsp3) is 0.529. The number of carbonyl (C=O) groups excluding carboxylic acids is 1. The van der Waals surface area contributed by atoms with Crippen molar-refractivity contribution in [2.75, 3.05) is 11.9 Å². The Morgan fingerprint density at radius 3 is 2.50 bits per heavy atom. The van der Waals surface area contributed by atoms with Crippen molar-refractivity contribution in [1.82, 2.24) is 0 Å². The van der Waals surface area contributed by atoms with Crippen molar-refractivity contribution in [1.29, 1.82) is 5.26 Å². The summed E-state index contributed by atoms with van der Waals surface area (Å²) in [4.78, 5) is 13.5. The Morgan fingerprint density at radius 2 is 2.05 bits per heavy atom. The summed E-state index contributed by atoms with van der Waals surface area (Å²) in [6.07, 6.45) is 2.39. The quantitative estimate of drug-likeness (QED) is 0.663. The molecule has 2 rings (SSSR count). The Kier molecular flexibility index (Phi) is 5.87. The molecular formula is C17H22N2O2S. The van der Waals surface area contributed by atoms with E-state index in [1.807, 2.05) is 19.1 Å². The first kappa shape index (κ1) is 16.9. The molecule has 2 atom stereocenters. The average Bonchev–Trinajstić information content (AvgIpc) is 2.94. The van der Waals surface area contributed by atoms with Gasteiger partial charge in [-0.3, -0.25) is 4.79 Å². The Morgan fingerprint density at radius 1 is 1.41 bits per heavy atom. The maximum absolute atomic E-state index is 12.5. The van der Waals surface area contributed by atoms with Crippen LogP contribution < -0.4 is 5.32 Å². The van der Waals surface area contributed by atoms with E-state index in [2.05, 4.69) is 24.6 Å². The summed E-state index contributed by atoms with van der Waals surface area (Å²) in [5.74, 6) is -0.0438. The summed E-state index contributed by atoms with van der Waals surface area (Å²) in [5, 5.41) is 14.1. The van der Waals surface area contributed by atoms with E-state index in [1.165, 1.54) is 0 Å². The molecule has 0 radical (unpaired) electrons. The summed E-state index contributed by atoms with van der Waals surface area (Å²) in [6, 6.07) is 3.99. The van der Waals surface area contributed by atoms with Crippen LogP contribution in [-0.4, -0.2) is 18.6 Å². The Labute approximate surface area is 136 Å². The highest BCUT2D eigenvalue weighted by molar-refractivity contribution is 8.03. The number of aryl methyl sites for hydroxylation is 2. The van der Waals surface area contributed by atoms with Crippen molar-refractivity contribution in [2.45, 2.75) is 51.0 Å². The van der Waals surface area contributed by atoms with Gasteiger partial charge in [0.05, 0.1) is 12.0 Å². The molecule has 1 saturated heterocycles.